The van der Waals surface area contributed by atoms with E-state index in [0.717, 1.165) is 0 Å². The standard InChI is InChI=1S/C13H26N2O4/c1-10(2)13(3,4)9-14-12(18)15(6-7-19-5)8-11(16)17/h10H,6-9H2,1-5H3,(H,14,18)(H,16,17). The molecule has 0 saturated heterocycles. The summed E-state index contributed by atoms with van der Waals surface area (Å²) in [6, 6.07) is -0.367. The summed E-state index contributed by atoms with van der Waals surface area (Å²) < 4.78 is 4.87. The van der Waals surface area contributed by atoms with E-state index in [1.165, 1.54) is 12.0 Å². The summed E-state index contributed by atoms with van der Waals surface area (Å²) in [4.78, 5) is 23.9. The summed E-state index contributed by atoms with van der Waals surface area (Å²) in [5, 5.41) is 11.6. The number of rotatable bonds is 8. The normalized spacial score (nSPS) is 11.5. The summed E-state index contributed by atoms with van der Waals surface area (Å²) in [6.07, 6.45) is 0. The number of hydrogen-bond acceptors (Lipinski definition) is 3. The largest absolute Gasteiger partial charge is 0.480 e. The molecule has 0 aromatic heterocycles. The summed E-state index contributed by atoms with van der Waals surface area (Å²) in [7, 11) is 1.51. The fraction of sp³-hybridized carbons (Fsp3) is 0.846. The van der Waals surface area contributed by atoms with E-state index in [2.05, 4.69) is 33.0 Å². The molecule has 0 heterocycles. The topological polar surface area (TPSA) is 78.9 Å². The van der Waals surface area contributed by atoms with E-state index in [1.807, 2.05) is 0 Å². The molecule has 0 aliphatic carbocycles. The molecule has 0 saturated carbocycles. The quantitative estimate of drug-likeness (QED) is 0.701. The first-order chi connectivity index (χ1) is 8.70. The molecule has 0 unspecified atom stereocenters. The lowest BCUT2D eigenvalue weighted by molar-refractivity contribution is -0.137. The first kappa shape index (κ1) is 17.7. The molecule has 112 valence electrons. The van der Waals surface area contributed by atoms with Crippen LogP contribution in [0.3, 0.4) is 0 Å². The number of carboxylic acid groups (broad SMARTS) is 1. The molecule has 0 fully saturated rings. The third-order valence-electron chi connectivity index (χ3n) is 3.44. The van der Waals surface area contributed by atoms with E-state index in [-0.39, 0.29) is 24.5 Å². The first-order valence-corrected chi connectivity index (χ1v) is 6.44. The third-order valence-corrected chi connectivity index (χ3v) is 3.44. The summed E-state index contributed by atoms with van der Waals surface area (Å²) in [6.45, 7) is 9.07. The predicted molar refractivity (Wildman–Crippen MR) is 73.1 cm³/mol. The second kappa shape index (κ2) is 7.99. The minimum atomic E-state index is -1.03. The van der Waals surface area contributed by atoms with Crippen molar-refractivity contribution in [3.8, 4) is 0 Å². The zero-order valence-corrected chi connectivity index (χ0v) is 12.5. The van der Waals surface area contributed by atoms with Crippen LogP contribution in [0.2, 0.25) is 0 Å². The van der Waals surface area contributed by atoms with Gasteiger partial charge in [0, 0.05) is 20.2 Å². The molecule has 0 atom stereocenters. The van der Waals surface area contributed by atoms with Gasteiger partial charge < -0.3 is 20.1 Å². The molecule has 0 aliphatic heterocycles. The predicted octanol–water partition coefficient (Wildman–Crippen LogP) is 1.41. The van der Waals surface area contributed by atoms with Crippen molar-refractivity contribution in [1.29, 1.82) is 0 Å². The molecule has 0 rings (SSSR count). The lowest BCUT2D eigenvalue weighted by atomic mass is 9.81. The van der Waals surface area contributed by atoms with Gasteiger partial charge in [0.25, 0.3) is 0 Å². The monoisotopic (exact) mass is 274 g/mol. The van der Waals surface area contributed by atoms with Crippen molar-refractivity contribution < 1.29 is 19.4 Å². The van der Waals surface area contributed by atoms with Gasteiger partial charge in [0.1, 0.15) is 6.54 Å². The maximum atomic E-state index is 11.9. The van der Waals surface area contributed by atoms with Gasteiger partial charge in [-0.25, -0.2) is 4.79 Å². The fourth-order valence-corrected chi connectivity index (χ4v) is 1.24. The number of carboxylic acids is 1. The average Bonchev–Trinajstić information content (AvgIpc) is 2.30. The number of carbonyl (C=O) groups excluding carboxylic acids is 1. The van der Waals surface area contributed by atoms with Crippen LogP contribution in [0.4, 0.5) is 4.79 Å². The Kier molecular flexibility index (Phi) is 7.44. The maximum absolute atomic E-state index is 11.9. The number of aliphatic carboxylic acids is 1. The summed E-state index contributed by atoms with van der Waals surface area (Å²) >= 11 is 0. The number of methoxy groups -OCH3 is 1. The second-order valence-electron chi connectivity index (χ2n) is 5.61. The molecule has 19 heavy (non-hydrogen) atoms. The Morgan fingerprint density at radius 1 is 1.37 bits per heavy atom. The van der Waals surface area contributed by atoms with Crippen molar-refractivity contribution in [3.63, 3.8) is 0 Å². The lowest BCUT2D eigenvalue weighted by Gasteiger charge is -2.31. The van der Waals surface area contributed by atoms with Gasteiger partial charge in [-0.2, -0.15) is 0 Å². The van der Waals surface area contributed by atoms with Crippen molar-refractivity contribution in [2.75, 3.05) is 33.4 Å². The van der Waals surface area contributed by atoms with E-state index in [4.69, 9.17) is 9.84 Å². The Morgan fingerprint density at radius 2 is 1.95 bits per heavy atom. The Bertz CT molecular complexity index is 303. The van der Waals surface area contributed by atoms with Crippen LogP contribution in [0.15, 0.2) is 0 Å². The van der Waals surface area contributed by atoms with Crippen LogP contribution in [0, 0.1) is 11.3 Å². The third kappa shape index (κ3) is 7.00. The van der Waals surface area contributed by atoms with Crippen LogP contribution in [0.25, 0.3) is 0 Å². The highest BCUT2D eigenvalue weighted by molar-refractivity contribution is 5.80. The zero-order valence-electron chi connectivity index (χ0n) is 12.5. The van der Waals surface area contributed by atoms with Crippen molar-refractivity contribution >= 4 is 12.0 Å². The van der Waals surface area contributed by atoms with Gasteiger partial charge in [0.15, 0.2) is 0 Å². The van der Waals surface area contributed by atoms with Gasteiger partial charge in [0.2, 0.25) is 0 Å². The van der Waals surface area contributed by atoms with Crippen LogP contribution < -0.4 is 5.32 Å². The molecule has 6 nitrogen and oxygen atoms in total. The number of urea groups is 1. The number of amides is 2. The van der Waals surface area contributed by atoms with E-state index < -0.39 is 5.97 Å². The van der Waals surface area contributed by atoms with Crippen molar-refractivity contribution in [3.05, 3.63) is 0 Å². The van der Waals surface area contributed by atoms with Gasteiger partial charge in [-0.3, -0.25) is 4.79 Å². The van der Waals surface area contributed by atoms with Crippen LogP contribution in [-0.4, -0.2) is 55.4 Å². The van der Waals surface area contributed by atoms with Gasteiger partial charge in [0.05, 0.1) is 6.61 Å². The van der Waals surface area contributed by atoms with E-state index in [9.17, 15) is 9.59 Å². The number of nitrogens with zero attached hydrogens (tertiary/aromatic N) is 1. The second-order valence-corrected chi connectivity index (χ2v) is 5.61. The van der Waals surface area contributed by atoms with Crippen molar-refractivity contribution in [2.45, 2.75) is 27.7 Å². The smallest absolute Gasteiger partial charge is 0.323 e. The molecule has 0 aliphatic rings. The van der Waals surface area contributed by atoms with Gasteiger partial charge in [-0.1, -0.05) is 27.7 Å². The first-order valence-electron chi connectivity index (χ1n) is 6.44. The van der Waals surface area contributed by atoms with Crippen LogP contribution in [0.1, 0.15) is 27.7 Å². The Hall–Kier alpha value is -1.30. The van der Waals surface area contributed by atoms with Gasteiger partial charge >= 0.3 is 12.0 Å². The Balaban J connectivity index is 4.42. The minimum absolute atomic E-state index is 0.0359. The van der Waals surface area contributed by atoms with Gasteiger partial charge in [-0.15, -0.1) is 0 Å². The van der Waals surface area contributed by atoms with Crippen molar-refractivity contribution in [2.24, 2.45) is 11.3 Å². The summed E-state index contributed by atoms with van der Waals surface area (Å²) in [5.74, 6) is -0.617. The highest BCUT2D eigenvalue weighted by Crippen LogP contribution is 2.24. The van der Waals surface area contributed by atoms with E-state index >= 15 is 0 Å². The van der Waals surface area contributed by atoms with E-state index in [1.54, 1.807) is 0 Å². The zero-order chi connectivity index (χ0) is 15.1. The fourth-order valence-electron chi connectivity index (χ4n) is 1.24. The van der Waals surface area contributed by atoms with E-state index in [0.29, 0.717) is 19.1 Å². The molecular weight excluding hydrogens is 248 g/mol. The lowest BCUT2D eigenvalue weighted by Crippen LogP contribution is -2.47. The van der Waals surface area contributed by atoms with Crippen LogP contribution in [-0.2, 0) is 9.53 Å². The number of ether oxygens (including phenoxy) is 1. The number of hydrogen-bond donors (Lipinski definition) is 2. The average molecular weight is 274 g/mol. The minimum Gasteiger partial charge on any atom is -0.480 e. The Labute approximate surface area is 115 Å². The molecule has 0 aromatic rings. The molecule has 6 heteroatoms. The van der Waals surface area contributed by atoms with Gasteiger partial charge in [-0.05, 0) is 11.3 Å². The molecule has 0 spiro atoms. The maximum Gasteiger partial charge on any atom is 0.323 e. The number of carbonyl (C=O) groups is 2. The van der Waals surface area contributed by atoms with Crippen LogP contribution in [0.5, 0.6) is 0 Å². The van der Waals surface area contributed by atoms with Crippen LogP contribution >= 0.6 is 0 Å². The Morgan fingerprint density at radius 3 is 2.37 bits per heavy atom. The molecule has 0 bridgehead atoms. The highest BCUT2D eigenvalue weighted by atomic mass is 16.5. The number of nitrogens with one attached hydrogen (secondary N) is 1. The molecule has 0 radical (unpaired) electrons. The highest BCUT2D eigenvalue weighted by Gasteiger charge is 2.24. The molecule has 0 aromatic carbocycles. The molecule has 2 amide bonds. The SMILES string of the molecule is COCCN(CC(=O)O)C(=O)NCC(C)(C)C(C)C. The summed E-state index contributed by atoms with van der Waals surface area (Å²) in [5.41, 5.74) is -0.0359. The molecule has 2 N–H and O–H groups in total. The van der Waals surface area contributed by atoms with Crippen molar-refractivity contribution in [1.82, 2.24) is 10.2 Å². The molecular formula is C13H26N2O4.